The second-order valence-electron chi connectivity index (χ2n) is 3.98. The zero-order chi connectivity index (χ0) is 13.7. The van der Waals surface area contributed by atoms with E-state index in [4.69, 9.17) is 4.74 Å². The Morgan fingerprint density at radius 2 is 2.11 bits per heavy atom. The van der Waals surface area contributed by atoms with Crippen molar-refractivity contribution < 1.29 is 4.74 Å². The Kier molecular flexibility index (Phi) is 4.17. The van der Waals surface area contributed by atoms with Gasteiger partial charge in [-0.1, -0.05) is 0 Å². The summed E-state index contributed by atoms with van der Waals surface area (Å²) in [6, 6.07) is 2.00. The lowest BCUT2D eigenvalue weighted by atomic mass is 10.3. The first-order chi connectivity index (χ1) is 9.26. The van der Waals surface area contributed by atoms with Crippen molar-refractivity contribution in [2.45, 2.75) is 6.42 Å². The Bertz CT molecular complexity index is 539. The van der Waals surface area contributed by atoms with Crippen molar-refractivity contribution in [2.24, 2.45) is 7.05 Å². The quantitative estimate of drug-likeness (QED) is 0.806. The third-order valence-electron chi connectivity index (χ3n) is 2.84. The summed E-state index contributed by atoms with van der Waals surface area (Å²) >= 11 is 0. The zero-order valence-electron chi connectivity index (χ0n) is 11.3. The number of ether oxygens (including phenoxy) is 1. The van der Waals surface area contributed by atoms with Crippen LogP contribution < -0.4 is 15.4 Å². The van der Waals surface area contributed by atoms with Gasteiger partial charge in [0, 0.05) is 39.0 Å². The molecule has 0 bridgehead atoms. The molecule has 0 aliphatic carbocycles. The number of nitrogens with zero attached hydrogens (tertiary/aromatic N) is 4. The van der Waals surface area contributed by atoms with Gasteiger partial charge in [-0.25, -0.2) is 9.97 Å². The standard InChI is InChI=1S/C12H18N6O/c1-13-11-10(19-3)12(16-8-15-11)14-6-4-9-5-7-17-18(9)2/h5,7-8H,4,6H2,1-3H3,(H2,13,14,15,16). The largest absolute Gasteiger partial charge is 0.490 e. The van der Waals surface area contributed by atoms with Crippen LogP contribution >= 0.6 is 0 Å². The van der Waals surface area contributed by atoms with Gasteiger partial charge < -0.3 is 15.4 Å². The Morgan fingerprint density at radius 3 is 2.74 bits per heavy atom. The molecule has 0 atom stereocenters. The molecule has 0 spiro atoms. The maximum absolute atomic E-state index is 5.31. The van der Waals surface area contributed by atoms with E-state index < -0.39 is 0 Å². The van der Waals surface area contributed by atoms with E-state index >= 15 is 0 Å². The van der Waals surface area contributed by atoms with Crippen LogP contribution in [0.5, 0.6) is 5.75 Å². The molecule has 0 saturated heterocycles. The van der Waals surface area contributed by atoms with E-state index in [2.05, 4.69) is 25.7 Å². The summed E-state index contributed by atoms with van der Waals surface area (Å²) in [6.45, 7) is 0.746. The molecule has 0 radical (unpaired) electrons. The topological polar surface area (TPSA) is 76.9 Å². The van der Waals surface area contributed by atoms with Gasteiger partial charge >= 0.3 is 0 Å². The van der Waals surface area contributed by atoms with Crippen LogP contribution in [-0.2, 0) is 13.5 Å². The lowest BCUT2D eigenvalue weighted by Crippen LogP contribution is -2.11. The van der Waals surface area contributed by atoms with Gasteiger partial charge in [0.2, 0.25) is 5.75 Å². The second kappa shape index (κ2) is 6.03. The van der Waals surface area contributed by atoms with Gasteiger partial charge in [-0.05, 0) is 6.07 Å². The van der Waals surface area contributed by atoms with Crippen molar-refractivity contribution in [3.63, 3.8) is 0 Å². The minimum Gasteiger partial charge on any atom is -0.490 e. The molecule has 102 valence electrons. The van der Waals surface area contributed by atoms with Gasteiger partial charge in [0.1, 0.15) is 6.33 Å². The molecule has 19 heavy (non-hydrogen) atoms. The maximum atomic E-state index is 5.31. The van der Waals surface area contributed by atoms with Crippen LogP contribution in [0.3, 0.4) is 0 Å². The summed E-state index contributed by atoms with van der Waals surface area (Å²) < 4.78 is 7.17. The third kappa shape index (κ3) is 2.93. The fraction of sp³-hybridized carbons (Fsp3) is 0.417. The van der Waals surface area contributed by atoms with Gasteiger partial charge in [-0.15, -0.1) is 0 Å². The molecule has 2 aromatic rings. The molecule has 2 heterocycles. The number of anilines is 2. The van der Waals surface area contributed by atoms with Crippen molar-refractivity contribution in [3.8, 4) is 5.75 Å². The van der Waals surface area contributed by atoms with Crippen LogP contribution in [0.1, 0.15) is 5.69 Å². The van der Waals surface area contributed by atoms with Crippen molar-refractivity contribution in [3.05, 3.63) is 24.3 Å². The fourth-order valence-electron chi connectivity index (χ4n) is 1.83. The molecule has 0 unspecified atom stereocenters. The van der Waals surface area contributed by atoms with Gasteiger partial charge in [0.05, 0.1) is 7.11 Å². The van der Waals surface area contributed by atoms with Crippen molar-refractivity contribution in [1.29, 1.82) is 0 Å². The molecule has 2 aromatic heterocycles. The van der Waals surface area contributed by atoms with Crippen LogP contribution in [0.2, 0.25) is 0 Å². The van der Waals surface area contributed by atoms with E-state index in [0.717, 1.165) is 18.7 Å². The van der Waals surface area contributed by atoms with Gasteiger partial charge in [-0.2, -0.15) is 5.10 Å². The molecule has 0 aromatic carbocycles. The Morgan fingerprint density at radius 1 is 1.32 bits per heavy atom. The number of hydrogen-bond acceptors (Lipinski definition) is 6. The van der Waals surface area contributed by atoms with Gasteiger partial charge in [0.25, 0.3) is 0 Å². The molecule has 0 amide bonds. The van der Waals surface area contributed by atoms with Gasteiger partial charge in [0.15, 0.2) is 11.6 Å². The predicted octanol–water partition coefficient (Wildman–Crippen LogP) is 0.915. The Balaban J connectivity index is 2.01. The van der Waals surface area contributed by atoms with Crippen molar-refractivity contribution in [2.75, 3.05) is 31.3 Å². The molecule has 0 fully saturated rings. The van der Waals surface area contributed by atoms with Gasteiger partial charge in [-0.3, -0.25) is 4.68 Å². The highest BCUT2D eigenvalue weighted by Crippen LogP contribution is 2.28. The number of nitrogens with one attached hydrogen (secondary N) is 2. The molecule has 7 nitrogen and oxygen atoms in total. The molecule has 0 saturated carbocycles. The minimum absolute atomic E-state index is 0.620. The van der Waals surface area contributed by atoms with Crippen molar-refractivity contribution in [1.82, 2.24) is 19.7 Å². The second-order valence-corrected chi connectivity index (χ2v) is 3.98. The molecular weight excluding hydrogens is 244 g/mol. The first-order valence-corrected chi connectivity index (χ1v) is 6.03. The minimum atomic E-state index is 0.620. The normalized spacial score (nSPS) is 10.3. The Labute approximate surface area is 112 Å². The highest BCUT2D eigenvalue weighted by atomic mass is 16.5. The third-order valence-corrected chi connectivity index (χ3v) is 2.84. The summed E-state index contributed by atoms with van der Waals surface area (Å²) in [5, 5.41) is 10.3. The summed E-state index contributed by atoms with van der Waals surface area (Å²) in [5.74, 6) is 1.97. The van der Waals surface area contributed by atoms with Crippen molar-refractivity contribution >= 4 is 11.6 Å². The number of aryl methyl sites for hydroxylation is 1. The summed E-state index contributed by atoms with van der Waals surface area (Å²) in [7, 11) is 5.33. The number of aromatic nitrogens is 4. The molecule has 2 rings (SSSR count). The molecule has 0 aliphatic rings. The lowest BCUT2D eigenvalue weighted by Gasteiger charge is -2.12. The first kappa shape index (κ1) is 13.1. The van der Waals surface area contributed by atoms with E-state index in [-0.39, 0.29) is 0 Å². The number of methoxy groups -OCH3 is 1. The van der Waals surface area contributed by atoms with E-state index in [0.29, 0.717) is 17.4 Å². The number of rotatable bonds is 6. The van der Waals surface area contributed by atoms with E-state index in [9.17, 15) is 0 Å². The molecule has 7 heteroatoms. The summed E-state index contributed by atoms with van der Waals surface area (Å²) in [4.78, 5) is 8.29. The molecular formula is C12H18N6O. The van der Waals surface area contributed by atoms with E-state index in [1.165, 1.54) is 6.33 Å². The van der Waals surface area contributed by atoms with E-state index in [1.54, 1.807) is 20.4 Å². The number of hydrogen-bond donors (Lipinski definition) is 2. The summed E-state index contributed by atoms with van der Waals surface area (Å²) in [6.07, 6.45) is 4.15. The average Bonchev–Trinajstić information content (AvgIpc) is 2.84. The van der Waals surface area contributed by atoms with Crippen LogP contribution in [0.25, 0.3) is 0 Å². The molecule has 2 N–H and O–H groups in total. The van der Waals surface area contributed by atoms with E-state index in [1.807, 2.05) is 17.8 Å². The highest BCUT2D eigenvalue weighted by molar-refractivity contribution is 5.63. The van der Waals surface area contributed by atoms with Crippen LogP contribution in [0, 0.1) is 0 Å². The Hall–Kier alpha value is -2.31. The predicted molar refractivity (Wildman–Crippen MR) is 73.5 cm³/mol. The fourth-order valence-corrected chi connectivity index (χ4v) is 1.83. The SMILES string of the molecule is CNc1ncnc(NCCc2ccnn2C)c1OC. The lowest BCUT2D eigenvalue weighted by molar-refractivity contribution is 0.415. The molecule has 0 aliphatic heterocycles. The zero-order valence-corrected chi connectivity index (χ0v) is 11.3. The average molecular weight is 262 g/mol. The first-order valence-electron chi connectivity index (χ1n) is 6.03. The summed E-state index contributed by atoms with van der Waals surface area (Å²) in [5.41, 5.74) is 1.16. The highest BCUT2D eigenvalue weighted by Gasteiger charge is 2.10. The van der Waals surface area contributed by atoms with Crippen LogP contribution in [0.4, 0.5) is 11.6 Å². The monoisotopic (exact) mass is 262 g/mol. The van der Waals surface area contributed by atoms with Crippen LogP contribution in [-0.4, -0.2) is 40.5 Å². The van der Waals surface area contributed by atoms with Crippen LogP contribution in [0.15, 0.2) is 18.6 Å². The maximum Gasteiger partial charge on any atom is 0.204 e. The smallest absolute Gasteiger partial charge is 0.204 e.